The molecule has 4 nitrogen and oxygen atoms in total. The molecule has 4 heteroatoms. The fourth-order valence-corrected chi connectivity index (χ4v) is 3.53. The van der Waals surface area contributed by atoms with Crippen LogP contribution in [0.15, 0.2) is 39.7 Å². The fourth-order valence-electron chi connectivity index (χ4n) is 3.53. The van der Waals surface area contributed by atoms with Crippen molar-refractivity contribution < 1.29 is 4.42 Å². The van der Waals surface area contributed by atoms with Gasteiger partial charge in [0.2, 0.25) is 0 Å². The zero-order valence-electron chi connectivity index (χ0n) is 13.9. The van der Waals surface area contributed by atoms with Crippen molar-refractivity contribution in [2.24, 2.45) is 16.3 Å². The van der Waals surface area contributed by atoms with Crippen molar-refractivity contribution in [2.45, 2.75) is 38.6 Å². The zero-order valence-corrected chi connectivity index (χ0v) is 13.9. The summed E-state index contributed by atoms with van der Waals surface area (Å²) < 4.78 is 5.94. The van der Waals surface area contributed by atoms with Crippen molar-refractivity contribution in [3.63, 3.8) is 0 Å². The second kappa shape index (κ2) is 5.59. The largest absolute Gasteiger partial charge is 0.459 e. The van der Waals surface area contributed by atoms with Crippen molar-refractivity contribution >= 4 is 16.9 Å². The molecule has 0 saturated heterocycles. The Hall–Kier alpha value is -1.97. The van der Waals surface area contributed by atoms with Crippen LogP contribution in [-0.4, -0.2) is 19.6 Å². The lowest BCUT2D eigenvalue weighted by molar-refractivity contribution is 0.427. The summed E-state index contributed by atoms with van der Waals surface area (Å²) in [5.41, 5.74) is 1.50. The number of aliphatic imine (C=N–C) groups is 1. The van der Waals surface area contributed by atoms with E-state index in [9.17, 15) is 0 Å². The molecule has 1 aromatic carbocycles. The molecule has 2 aliphatic rings. The smallest absolute Gasteiger partial charge is 0.191 e. The molecule has 0 aliphatic heterocycles. The van der Waals surface area contributed by atoms with Gasteiger partial charge in [-0.3, -0.25) is 4.99 Å². The van der Waals surface area contributed by atoms with Crippen molar-refractivity contribution in [1.82, 2.24) is 10.6 Å². The van der Waals surface area contributed by atoms with Crippen LogP contribution in [0.25, 0.3) is 11.0 Å². The zero-order chi connectivity index (χ0) is 15.9. The average molecular weight is 311 g/mol. The van der Waals surface area contributed by atoms with Crippen molar-refractivity contribution in [3.05, 3.63) is 36.1 Å². The Morgan fingerprint density at radius 2 is 2.13 bits per heavy atom. The Bertz CT molecular complexity index is 692. The van der Waals surface area contributed by atoms with Gasteiger partial charge in [-0.05, 0) is 56.1 Å². The summed E-state index contributed by atoms with van der Waals surface area (Å²) in [7, 11) is 1.83. The number of hydrogen-bond acceptors (Lipinski definition) is 2. The highest BCUT2D eigenvalue weighted by Gasteiger charge is 2.53. The lowest BCUT2D eigenvalue weighted by Gasteiger charge is -2.20. The van der Waals surface area contributed by atoms with E-state index in [0.717, 1.165) is 35.2 Å². The van der Waals surface area contributed by atoms with Gasteiger partial charge in [0.25, 0.3) is 0 Å². The maximum absolute atomic E-state index is 5.94. The quantitative estimate of drug-likeness (QED) is 0.651. The molecule has 1 atom stereocenters. The summed E-state index contributed by atoms with van der Waals surface area (Å²) in [5.74, 6) is 2.77. The van der Waals surface area contributed by atoms with Crippen LogP contribution in [-0.2, 0) is 0 Å². The molecule has 2 saturated carbocycles. The number of rotatable bonds is 5. The van der Waals surface area contributed by atoms with Crippen LogP contribution in [0.4, 0.5) is 0 Å². The van der Waals surface area contributed by atoms with E-state index in [1.165, 1.54) is 25.7 Å². The van der Waals surface area contributed by atoms with E-state index in [-0.39, 0.29) is 6.04 Å². The van der Waals surface area contributed by atoms with Gasteiger partial charge in [-0.1, -0.05) is 18.2 Å². The van der Waals surface area contributed by atoms with E-state index in [0.29, 0.717) is 5.41 Å². The standard InChI is InChI=1S/C19H25N3O/c1-13(17-11-14-5-3-4-6-16(14)23-17)22-18(20-2)21-12-19(9-10-19)15-7-8-15/h3-6,11,13,15H,7-10,12H2,1-2H3,(H2,20,21,22). The summed E-state index contributed by atoms with van der Waals surface area (Å²) in [6.45, 7) is 3.16. The molecule has 23 heavy (non-hydrogen) atoms. The second-order valence-corrected chi connectivity index (χ2v) is 7.12. The van der Waals surface area contributed by atoms with Gasteiger partial charge in [0.05, 0.1) is 6.04 Å². The fraction of sp³-hybridized carbons (Fsp3) is 0.526. The SMILES string of the molecule is CN=C(NCC1(C2CC2)CC1)NC(C)c1cc2ccccc2o1. The van der Waals surface area contributed by atoms with E-state index >= 15 is 0 Å². The molecule has 0 radical (unpaired) electrons. The molecule has 0 bridgehead atoms. The van der Waals surface area contributed by atoms with E-state index in [2.05, 4.69) is 34.7 Å². The normalized spacial score (nSPS) is 21.2. The van der Waals surface area contributed by atoms with E-state index in [1.807, 2.05) is 25.2 Å². The van der Waals surface area contributed by atoms with Gasteiger partial charge in [0.15, 0.2) is 5.96 Å². The van der Waals surface area contributed by atoms with Crippen molar-refractivity contribution in [1.29, 1.82) is 0 Å². The molecular formula is C19H25N3O. The number of hydrogen-bond donors (Lipinski definition) is 2. The highest BCUT2D eigenvalue weighted by Crippen LogP contribution is 2.60. The van der Waals surface area contributed by atoms with Gasteiger partial charge < -0.3 is 15.1 Å². The predicted octanol–water partition coefficient (Wildman–Crippen LogP) is 3.85. The van der Waals surface area contributed by atoms with Gasteiger partial charge >= 0.3 is 0 Å². The van der Waals surface area contributed by atoms with Gasteiger partial charge in [-0.25, -0.2) is 0 Å². The first-order valence-corrected chi connectivity index (χ1v) is 8.66. The minimum atomic E-state index is 0.0877. The maximum Gasteiger partial charge on any atom is 0.191 e. The summed E-state index contributed by atoms with van der Waals surface area (Å²) in [6.07, 6.45) is 5.59. The highest BCUT2D eigenvalue weighted by atomic mass is 16.3. The Morgan fingerprint density at radius 3 is 2.78 bits per heavy atom. The topological polar surface area (TPSA) is 49.6 Å². The molecule has 2 N–H and O–H groups in total. The van der Waals surface area contributed by atoms with Gasteiger partial charge in [-0.2, -0.15) is 0 Å². The summed E-state index contributed by atoms with van der Waals surface area (Å²) in [4.78, 5) is 4.37. The summed E-state index contributed by atoms with van der Waals surface area (Å²) >= 11 is 0. The molecule has 2 fully saturated rings. The molecule has 1 unspecified atom stereocenters. The van der Waals surface area contributed by atoms with Gasteiger partial charge in [-0.15, -0.1) is 0 Å². The van der Waals surface area contributed by atoms with Crippen LogP contribution < -0.4 is 10.6 Å². The summed E-state index contributed by atoms with van der Waals surface area (Å²) in [5, 5.41) is 8.12. The van der Waals surface area contributed by atoms with Crippen LogP contribution in [0.2, 0.25) is 0 Å². The van der Waals surface area contributed by atoms with Gasteiger partial charge in [0.1, 0.15) is 11.3 Å². The highest BCUT2D eigenvalue weighted by molar-refractivity contribution is 5.81. The van der Waals surface area contributed by atoms with Crippen molar-refractivity contribution in [3.8, 4) is 0 Å². The number of nitrogens with one attached hydrogen (secondary N) is 2. The molecule has 0 spiro atoms. The Balaban J connectivity index is 1.38. The number of para-hydroxylation sites is 1. The van der Waals surface area contributed by atoms with Gasteiger partial charge in [0, 0.05) is 19.0 Å². The number of fused-ring (bicyclic) bond motifs is 1. The Kier molecular flexibility index (Phi) is 3.55. The third kappa shape index (κ3) is 2.94. The monoisotopic (exact) mass is 311 g/mol. The first kappa shape index (κ1) is 14.6. The van der Waals surface area contributed by atoms with Crippen LogP contribution in [0.1, 0.15) is 44.4 Å². The molecule has 1 aromatic heterocycles. The molecule has 2 aliphatic carbocycles. The summed E-state index contributed by atoms with van der Waals surface area (Å²) in [6, 6.07) is 10.3. The number of nitrogens with zero attached hydrogens (tertiary/aromatic N) is 1. The van der Waals surface area contributed by atoms with Crippen LogP contribution in [0.3, 0.4) is 0 Å². The van der Waals surface area contributed by atoms with Crippen LogP contribution >= 0.6 is 0 Å². The molecule has 122 valence electrons. The molecule has 4 rings (SSSR count). The number of guanidine groups is 1. The van der Waals surface area contributed by atoms with E-state index in [4.69, 9.17) is 4.42 Å². The first-order valence-electron chi connectivity index (χ1n) is 8.66. The Labute approximate surface area is 137 Å². The lowest BCUT2D eigenvalue weighted by Crippen LogP contribution is -2.41. The predicted molar refractivity (Wildman–Crippen MR) is 93.5 cm³/mol. The van der Waals surface area contributed by atoms with Crippen molar-refractivity contribution in [2.75, 3.05) is 13.6 Å². The third-order valence-electron chi connectivity index (χ3n) is 5.39. The first-order chi connectivity index (χ1) is 11.2. The maximum atomic E-state index is 5.94. The second-order valence-electron chi connectivity index (χ2n) is 7.12. The van der Waals surface area contributed by atoms with Crippen LogP contribution in [0, 0.1) is 11.3 Å². The van der Waals surface area contributed by atoms with Crippen LogP contribution in [0.5, 0.6) is 0 Å². The minimum Gasteiger partial charge on any atom is -0.459 e. The molecular weight excluding hydrogens is 286 g/mol. The van der Waals surface area contributed by atoms with E-state index < -0.39 is 0 Å². The molecule has 1 heterocycles. The number of benzene rings is 1. The average Bonchev–Trinajstić information content (AvgIpc) is 3.47. The van der Waals surface area contributed by atoms with E-state index in [1.54, 1.807) is 0 Å². The molecule has 0 amide bonds. The Morgan fingerprint density at radius 1 is 1.35 bits per heavy atom. The third-order valence-corrected chi connectivity index (χ3v) is 5.39. The minimum absolute atomic E-state index is 0.0877. The molecule has 2 aromatic rings. The lowest BCUT2D eigenvalue weighted by atomic mass is 10.0. The number of furan rings is 1.